The minimum Gasteiger partial charge on any atom is -0.330 e. The highest BCUT2D eigenvalue weighted by molar-refractivity contribution is 5.51. The van der Waals surface area contributed by atoms with E-state index in [1.165, 1.54) is 12.1 Å². The fourth-order valence-corrected chi connectivity index (χ4v) is 3.84. The monoisotopic (exact) mass is 415 g/mol. The van der Waals surface area contributed by atoms with Crippen molar-refractivity contribution >= 4 is 17.7 Å². The maximum Gasteiger partial charge on any atom is 0.233 e. The summed E-state index contributed by atoms with van der Waals surface area (Å²) in [6.45, 7) is 1.71. The summed E-state index contributed by atoms with van der Waals surface area (Å²) in [5.41, 5.74) is 1.28. The summed E-state index contributed by atoms with van der Waals surface area (Å²) in [5, 5.41) is 10.3. The van der Waals surface area contributed by atoms with E-state index in [4.69, 9.17) is 0 Å². The summed E-state index contributed by atoms with van der Waals surface area (Å²) >= 11 is 0. The lowest BCUT2D eigenvalue weighted by Gasteiger charge is -2.25. The Morgan fingerprint density at radius 3 is 2.73 bits per heavy atom. The zero-order valence-electron chi connectivity index (χ0n) is 16.2. The first kappa shape index (κ1) is 18.8. The lowest BCUT2D eigenvalue weighted by molar-refractivity contribution is 0.356. The van der Waals surface area contributed by atoms with E-state index in [0.29, 0.717) is 17.6 Å². The van der Waals surface area contributed by atoms with Gasteiger partial charge in [-0.1, -0.05) is 6.07 Å². The Kier molecular flexibility index (Phi) is 4.56. The van der Waals surface area contributed by atoms with Gasteiger partial charge >= 0.3 is 0 Å². The number of aromatic nitrogens is 5. The first-order valence-electron chi connectivity index (χ1n) is 9.87. The van der Waals surface area contributed by atoms with Crippen LogP contribution in [0, 0.1) is 18.6 Å². The fourth-order valence-electron chi connectivity index (χ4n) is 3.84. The lowest BCUT2D eigenvalue weighted by Crippen LogP contribution is -2.27. The van der Waals surface area contributed by atoms with E-state index in [9.17, 15) is 13.2 Å². The summed E-state index contributed by atoms with van der Waals surface area (Å²) in [6.07, 6.45) is 1.19. The number of hydrogen-bond acceptors (Lipinski definition) is 6. The molecule has 1 saturated heterocycles. The maximum absolute atomic E-state index is 14.4. The number of rotatable bonds is 5. The number of benzene rings is 1. The predicted molar refractivity (Wildman–Crippen MR) is 104 cm³/mol. The van der Waals surface area contributed by atoms with Gasteiger partial charge in [0.2, 0.25) is 11.9 Å². The number of halogens is 3. The highest BCUT2D eigenvalue weighted by Crippen LogP contribution is 2.40. The van der Waals surface area contributed by atoms with Crippen LogP contribution in [0.15, 0.2) is 24.3 Å². The van der Waals surface area contributed by atoms with Crippen molar-refractivity contribution in [1.29, 1.82) is 0 Å². The van der Waals surface area contributed by atoms with E-state index in [1.807, 2.05) is 6.07 Å². The minimum absolute atomic E-state index is 0.0125. The number of aromatic amines is 1. The second-order valence-electron chi connectivity index (χ2n) is 7.78. The van der Waals surface area contributed by atoms with Crippen molar-refractivity contribution < 1.29 is 13.2 Å². The first-order chi connectivity index (χ1) is 14.5. The van der Waals surface area contributed by atoms with E-state index in [-0.39, 0.29) is 30.4 Å². The molecule has 0 amide bonds. The van der Waals surface area contributed by atoms with Crippen LogP contribution in [0.5, 0.6) is 0 Å². The second-order valence-corrected chi connectivity index (χ2v) is 7.78. The van der Waals surface area contributed by atoms with Crippen molar-refractivity contribution in [2.75, 3.05) is 16.8 Å². The molecule has 30 heavy (non-hydrogen) atoms. The molecule has 0 bridgehead atoms. The Bertz CT molecular complexity index is 1080. The van der Waals surface area contributed by atoms with Gasteiger partial charge in [0.05, 0.1) is 12.6 Å². The average molecular weight is 415 g/mol. The van der Waals surface area contributed by atoms with Crippen molar-refractivity contribution in [2.24, 2.45) is 0 Å². The highest BCUT2D eigenvalue weighted by Gasteiger charge is 2.37. The lowest BCUT2D eigenvalue weighted by atomic mass is 10.0. The summed E-state index contributed by atoms with van der Waals surface area (Å²) in [5.74, 6) is 0.655. The largest absolute Gasteiger partial charge is 0.330 e. The summed E-state index contributed by atoms with van der Waals surface area (Å²) in [4.78, 5) is 14.6. The quantitative estimate of drug-likeness (QED) is 0.653. The smallest absolute Gasteiger partial charge is 0.233 e. The Morgan fingerprint density at radius 1 is 1.13 bits per heavy atom. The molecule has 3 heterocycles. The third kappa shape index (κ3) is 3.69. The van der Waals surface area contributed by atoms with Gasteiger partial charge in [0, 0.05) is 35.7 Å². The van der Waals surface area contributed by atoms with Crippen LogP contribution < -0.4 is 10.2 Å². The van der Waals surface area contributed by atoms with Crippen LogP contribution in [-0.2, 0) is 0 Å². The third-order valence-electron chi connectivity index (χ3n) is 5.42. The number of hydrogen-bond donors (Lipinski definition) is 2. The molecule has 5 rings (SSSR count). The van der Waals surface area contributed by atoms with E-state index in [0.717, 1.165) is 24.6 Å². The summed E-state index contributed by atoms with van der Waals surface area (Å²) in [7, 11) is 0. The molecule has 0 spiro atoms. The number of nitrogens with zero attached hydrogens (tertiary/aromatic N) is 5. The van der Waals surface area contributed by atoms with Crippen molar-refractivity contribution in [3.63, 3.8) is 0 Å². The highest BCUT2D eigenvalue weighted by atomic mass is 19.1. The fraction of sp³-hybridized carbons (Fsp3) is 0.400. The van der Waals surface area contributed by atoms with E-state index in [2.05, 4.69) is 30.5 Å². The standard InChI is InChI=1S/C20H20F3N7/c1-10-24-19(26-18-8-16(28-29-18)11-2-3-11)27-20(25-10)30-9-13(22)7-17(30)14-5-4-12(21)6-15(14)23/h4-6,8,11,13,17H,2-3,7,9H2,1H3,(H2,24,25,26,27,28,29). The third-order valence-corrected chi connectivity index (χ3v) is 5.42. The van der Waals surface area contributed by atoms with Gasteiger partial charge in [-0.05, 0) is 25.8 Å². The molecule has 10 heteroatoms. The van der Waals surface area contributed by atoms with Gasteiger partial charge in [0.1, 0.15) is 23.6 Å². The van der Waals surface area contributed by atoms with Crippen LogP contribution in [0.2, 0.25) is 0 Å². The second kappa shape index (κ2) is 7.26. The number of H-pyrrole nitrogens is 1. The minimum atomic E-state index is -1.18. The molecule has 1 aliphatic carbocycles. The van der Waals surface area contributed by atoms with E-state index in [1.54, 1.807) is 11.8 Å². The topological polar surface area (TPSA) is 82.6 Å². The molecule has 2 aromatic heterocycles. The molecule has 1 aliphatic heterocycles. The van der Waals surface area contributed by atoms with Crippen LogP contribution in [0.3, 0.4) is 0 Å². The predicted octanol–water partition coefficient (Wildman–Crippen LogP) is 4.09. The van der Waals surface area contributed by atoms with Crippen molar-refractivity contribution in [1.82, 2.24) is 25.1 Å². The number of nitrogens with one attached hydrogen (secondary N) is 2. The average Bonchev–Trinajstić information content (AvgIpc) is 3.32. The van der Waals surface area contributed by atoms with Crippen LogP contribution >= 0.6 is 0 Å². The SMILES string of the molecule is Cc1nc(Nc2cc(C3CC3)[nH]n2)nc(N2CC(F)CC2c2ccc(F)cc2F)n1. The Morgan fingerprint density at radius 2 is 1.97 bits per heavy atom. The number of aryl methyl sites for hydroxylation is 1. The normalized spacial score (nSPS) is 21.3. The van der Waals surface area contributed by atoms with Gasteiger partial charge in [-0.2, -0.15) is 20.1 Å². The van der Waals surface area contributed by atoms with E-state index >= 15 is 0 Å². The molecule has 7 nitrogen and oxygen atoms in total. The molecule has 0 radical (unpaired) electrons. The molecule has 156 valence electrons. The van der Waals surface area contributed by atoms with Gasteiger partial charge in [0.25, 0.3) is 0 Å². The molecule has 2 N–H and O–H groups in total. The molecule has 1 aromatic carbocycles. The van der Waals surface area contributed by atoms with Crippen LogP contribution in [0.25, 0.3) is 0 Å². The molecule has 2 aliphatic rings. The van der Waals surface area contributed by atoms with Crippen molar-refractivity contribution in [2.45, 2.75) is 44.3 Å². The molecular formula is C20H20F3N7. The maximum atomic E-state index is 14.4. The van der Waals surface area contributed by atoms with Gasteiger partial charge in [0.15, 0.2) is 5.82 Å². The Labute approximate surface area is 170 Å². The first-order valence-corrected chi connectivity index (χ1v) is 9.87. The van der Waals surface area contributed by atoms with Gasteiger partial charge in [-0.3, -0.25) is 5.10 Å². The van der Waals surface area contributed by atoms with Gasteiger partial charge < -0.3 is 10.2 Å². The zero-order valence-corrected chi connectivity index (χ0v) is 16.2. The van der Waals surface area contributed by atoms with Crippen LogP contribution in [-0.4, -0.2) is 37.9 Å². The van der Waals surface area contributed by atoms with Crippen molar-refractivity contribution in [3.8, 4) is 0 Å². The molecule has 1 saturated carbocycles. The summed E-state index contributed by atoms with van der Waals surface area (Å²) in [6, 6.07) is 4.60. The zero-order chi connectivity index (χ0) is 20.8. The Hall–Kier alpha value is -3.17. The molecule has 2 fully saturated rings. The van der Waals surface area contributed by atoms with Crippen molar-refractivity contribution in [3.05, 3.63) is 53.0 Å². The summed E-state index contributed by atoms with van der Waals surface area (Å²) < 4.78 is 42.0. The molecule has 2 unspecified atom stereocenters. The molecule has 2 atom stereocenters. The molecular weight excluding hydrogens is 395 g/mol. The van der Waals surface area contributed by atoms with Crippen LogP contribution in [0.1, 0.15) is 48.3 Å². The molecule has 3 aromatic rings. The van der Waals surface area contributed by atoms with Crippen LogP contribution in [0.4, 0.5) is 30.9 Å². The number of anilines is 3. The Balaban J connectivity index is 1.44. The number of alkyl halides is 1. The van der Waals surface area contributed by atoms with Gasteiger partial charge in [-0.15, -0.1) is 0 Å². The van der Waals surface area contributed by atoms with Gasteiger partial charge in [-0.25, -0.2) is 13.2 Å². The van der Waals surface area contributed by atoms with E-state index < -0.39 is 23.8 Å².